The van der Waals surface area contributed by atoms with Gasteiger partial charge >= 0.3 is 0 Å². The van der Waals surface area contributed by atoms with Crippen molar-refractivity contribution in [3.63, 3.8) is 0 Å². The summed E-state index contributed by atoms with van der Waals surface area (Å²) in [4.78, 5) is 17.4. The lowest BCUT2D eigenvalue weighted by molar-refractivity contribution is -0.120. The van der Waals surface area contributed by atoms with Crippen molar-refractivity contribution in [3.8, 4) is 0 Å². The highest BCUT2D eigenvalue weighted by atomic mass is 35.5. The van der Waals surface area contributed by atoms with E-state index in [1.807, 2.05) is 40.9 Å². The van der Waals surface area contributed by atoms with E-state index < -0.39 is 0 Å². The number of fused-ring (bicyclic) bond motifs is 1. The van der Waals surface area contributed by atoms with Crippen molar-refractivity contribution in [1.82, 2.24) is 14.7 Å². The molecule has 0 unspecified atom stereocenters. The third-order valence-electron chi connectivity index (χ3n) is 3.35. The fourth-order valence-electron chi connectivity index (χ4n) is 2.20. The highest BCUT2D eigenvalue weighted by Crippen LogP contribution is 2.26. The molecule has 0 bridgehead atoms. The summed E-state index contributed by atoms with van der Waals surface area (Å²) in [5.41, 5.74) is 1.60. The fourth-order valence-corrected chi connectivity index (χ4v) is 3.55. The largest absolute Gasteiger partial charge is 0.350 e. The van der Waals surface area contributed by atoms with E-state index >= 15 is 0 Å². The Hall–Kier alpha value is -1.69. The van der Waals surface area contributed by atoms with Gasteiger partial charge in [-0.15, -0.1) is 11.8 Å². The number of nitrogens with zero attached hydrogens (tertiary/aromatic N) is 2. The number of halogens is 2. The molecule has 4 nitrogen and oxygen atoms in total. The summed E-state index contributed by atoms with van der Waals surface area (Å²) in [5, 5.41) is 4.24. The molecule has 0 radical (unpaired) electrons. The predicted molar refractivity (Wildman–Crippen MR) is 98.8 cm³/mol. The van der Waals surface area contributed by atoms with E-state index in [0.29, 0.717) is 28.8 Å². The van der Waals surface area contributed by atoms with Crippen LogP contribution in [0.3, 0.4) is 0 Å². The summed E-state index contributed by atoms with van der Waals surface area (Å²) in [5.74, 6) is 0.667. The zero-order valence-electron chi connectivity index (χ0n) is 12.7. The Morgan fingerprint density at radius 3 is 2.83 bits per heavy atom. The van der Waals surface area contributed by atoms with E-state index in [2.05, 4.69) is 10.3 Å². The molecule has 3 rings (SSSR count). The van der Waals surface area contributed by atoms with Crippen LogP contribution in [0.4, 0.5) is 0 Å². The van der Waals surface area contributed by atoms with Crippen LogP contribution in [0.5, 0.6) is 0 Å². The van der Waals surface area contributed by atoms with Crippen LogP contribution < -0.4 is 5.32 Å². The smallest absolute Gasteiger partial charge is 0.221 e. The molecule has 0 fully saturated rings. The van der Waals surface area contributed by atoms with Crippen molar-refractivity contribution in [1.29, 1.82) is 0 Å². The lowest BCUT2D eigenvalue weighted by atomic mass is 10.4. The Labute approximate surface area is 154 Å². The summed E-state index contributed by atoms with van der Waals surface area (Å²) < 4.78 is 1.84. The standard InChI is InChI=1S/C17H15Cl2N3OS/c18-12-5-6-16-21-13(11-22(16)10-12)9-20-17(23)7-8-24-15-4-2-1-3-14(15)19/h1-6,10-11H,7-9H2,(H,20,23). The maximum absolute atomic E-state index is 11.9. The zero-order chi connectivity index (χ0) is 16.9. The first-order valence-corrected chi connectivity index (χ1v) is 9.13. The number of pyridine rings is 1. The Morgan fingerprint density at radius 2 is 2.00 bits per heavy atom. The number of imidazole rings is 1. The number of carbonyl (C=O) groups is 1. The number of thioether (sulfide) groups is 1. The van der Waals surface area contributed by atoms with Crippen molar-refractivity contribution in [2.75, 3.05) is 5.75 Å². The molecule has 1 N–H and O–H groups in total. The van der Waals surface area contributed by atoms with E-state index in [0.717, 1.165) is 16.2 Å². The molecule has 2 heterocycles. The number of rotatable bonds is 6. The van der Waals surface area contributed by atoms with Crippen molar-refractivity contribution >= 4 is 46.5 Å². The van der Waals surface area contributed by atoms with Crippen LogP contribution in [0.15, 0.2) is 53.7 Å². The van der Waals surface area contributed by atoms with Crippen LogP contribution >= 0.6 is 35.0 Å². The van der Waals surface area contributed by atoms with Crippen molar-refractivity contribution in [2.45, 2.75) is 17.9 Å². The zero-order valence-corrected chi connectivity index (χ0v) is 15.0. The molecule has 0 spiro atoms. The van der Waals surface area contributed by atoms with E-state index in [1.165, 1.54) is 0 Å². The molecule has 1 amide bonds. The van der Waals surface area contributed by atoms with Gasteiger partial charge in [0.2, 0.25) is 5.91 Å². The maximum atomic E-state index is 11.9. The molecule has 2 aromatic heterocycles. The van der Waals surface area contributed by atoms with Gasteiger partial charge in [0.05, 0.1) is 22.3 Å². The summed E-state index contributed by atoms with van der Waals surface area (Å²) in [6.45, 7) is 0.398. The number of hydrogen-bond donors (Lipinski definition) is 1. The van der Waals surface area contributed by atoms with Crippen LogP contribution in [0.2, 0.25) is 10.0 Å². The lowest BCUT2D eigenvalue weighted by Crippen LogP contribution is -2.23. The van der Waals surface area contributed by atoms with Gasteiger partial charge in [-0.1, -0.05) is 35.3 Å². The molecule has 24 heavy (non-hydrogen) atoms. The summed E-state index contributed by atoms with van der Waals surface area (Å²) in [7, 11) is 0. The number of hydrogen-bond acceptors (Lipinski definition) is 3. The number of amides is 1. The Bertz CT molecular complexity index is 866. The summed E-state index contributed by atoms with van der Waals surface area (Å²) >= 11 is 13.6. The second kappa shape index (κ2) is 7.92. The van der Waals surface area contributed by atoms with Gasteiger partial charge in [-0.05, 0) is 24.3 Å². The molecular formula is C17H15Cl2N3OS. The van der Waals surface area contributed by atoms with E-state index in [-0.39, 0.29) is 5.91 Å². The second-order valence-electron chi connectivity index (χ2n) is 5.15. The van der Waals surface area contributed by atoms with Crippen LogP contribution in [-0.2, 0) is 11.3 Å². The van der Waals surface area contributed by atoms with Crippen LogP contribution in [0.25, 0.3) is 5.65 Å². The summed E-state index contributed by atoms with van der Waals surface area (Å²) in [6.07, 6.45) is 4.07. The van der Waals surface area contributed by atoms with Gasteiger partial charge in [0, 0.05) is 29.5 Å². The molecule has 7 heteroatoms. The van der Waals surface area contributed by atoms with Gasteiger partial charge in [0.15, 0.2) is 0 Å². The highest BCUT2D eigenvalue weighted by Gasteiger charge is 2.06. The number of carbonyl (C=O) groups excluding carboxylic acids is 1. The molecule has 3 aromatic rings. The van der Waals surface area contributed by atoms with Crippen molar-refractivity contribution in [2.24, 2.45) is 0 Å². The van der Waals surface area contributed by atoms with Crippen LogP contribution in [0.1, 0.15) is 12.1 Å². The number of nitrogens with one attached hydrogen (secondary N) is 1. The normalized spacial score (nSPS) is 10.9. The monoisotopic (exact) mass is 379 g/mol. The first kappa shape index (κ1) is 17.1. The third-order valence-corrected chi connectivity index (χ3v) is 5.10. The van der Waals surface area contributed by atoms with E-state index in [4.69, 9.17) is 23.2 Å². The minimum Gasteiger partial charge on any atom is -0.350 e. The first-order chi connectivity index (χ1) is 11.6. The molecule has 0 saturated heterocycles. The Balaban J connectivity index is 1.47. The molecule has 0 atom stereocenters. The molecular weight excluding hydrogens is 365 g/mol. The van der Waals surface area contributed by atoms with Crippen LogP contribution in [-0.4, -0.2) is 21.0 Å². The highest BCUT2D eigenvalue weighted by molar-refractivity contribution is 7.99. The number of benzene rings is 1. The topological polar surface area (TPSA) is 46.4 Å². The molecule has 0 saturated carbocycles. The Kier molecular flexibility index (Phi) is 5.66. The third kappa shape index (κ3) is 4.44. The molecule has 0 aliphatic heterocycles. The van der Waals surface area contributed by atoms with Gasteiger partial charge in [-0.25, -0.2) is 4.98 Å². The van der Waals surface area contributed by atoms with Gasteiger partial charge in [-0.2, -0.15) is 0 Å². The van der Waals surface area contributed by atoms with Gasteiger partial charge in [-0.3, -0.25) is 4.79 Å². The lowest BCUT2D eigenvalue weighted by Gasteiger charge is -2.04. The maximum Gasteiger partial charge on any atom is 0.221 e. The second-order valence-corrected chi connectivity index (χ2v) is 7.13. The molecule has 1 aromatic carbocycles. The average molecular weight is 380 g/mol. The minimum absolute atomic E-state index is 0.00959. The fraction of sp³-hybridized carbons (Fsp3) is 0.176. The quantitative estimate of drug-likeness (QED) is 0.643. The van der Waals surface area contributed by atoms with Crippen molar-refractivity contribution < 1.29 is 4.79 Å². The van der Waals surface area contributed by atoms with Gasteiger partial charge in [0.1, 0.15) is 5.65 Å². The predicted octanol–water partition coefficient (Wildman–Crippen LogP) is 4.44. The van der Waals surface area contributed by atoms with E-state index in [1.54, 1.807) is 24.0 Å². The van der Waals surface area contributed by atoms with Crippen LogP contribution in [0, 0.1) is 0 Å². The number of aromatic nitrogens is 2. The van der Waals surface area contributed by atoms with Gasteiger partial charge in [0.25, 0.3) is 0 Å². The first-order valence-electron chi connectivity index (χ1n) is 7.39. The van der Waals surface area contributed by atoms with Gasteiger partial charge < -0.3 is 9.72 Å². The van der Waals surface area contributed by atoms with E-state index in [9.17, 15) is 4.79 Å². The SMILES string of the molecule is O=C(CCSc1ccccc1Cl)NCc1cn2cc(Cl)ccc2n1. The average Bonchev–Trinajstić information content (AvgIpc) is 2.97. The molecule has 0 aliphatic carbocycles. The van der Waals surface area contributed by atoms with Crippen molar-refractivity contribution in [3.05, 3.63) is 64.5 Å². The Morgan fingerprint density at radius 1 is 1.17 bits per heavy atom. The molecule has 0 aliphatic rings. The minimum atomic E-state index is -0.00959. The summed E-state index contributed by atoms with van der Waals surface area (Å²) in [6, 6.07) is 11.3. The molecule has 124 valence electrons.